The molecule has 2 N–H and O–H groups in total. The van der Waals surface area contributed by atoms with E-state index in [4.69, 9.17) is 9.84 Å². The number of rotatable bonds is 7. The lowest BCUT2D eigenvalue weighted by molar-refractivity contribution is -0.118. The Kier molecular flexibility index (Phi) is 6.08. The molecule has 0 atom stereocenters. The zero-order valence-electron chi connectivity index (χ0n) is 14.1. The lowest BCUT2D eigenvalue weighted by Crippen LogP contribution is -2.24. The van der Waals surface area contributed by atoms with E-state index in [2.05, 4.69) is 5.32 Å². The van der Waals surface area contributed by atoms with Gasteiger partial charge in [-0.3, -0.25) is 14.4 Å². The van der Waals surface area contributed by atoms with E-state index in [1.165, 1.54) is 13.0 Å². The summed E-state index contributed by atoms with van der Waals surface area (Å²) < 4.78 is 7.05. The van der Waals surface area contributed by atoms with Crippen molar-refractivity contribution in [3.05, 3.63) is 58.0 Å². The monoisotopic (exact) mass is 344 g/mol. The minimum Gasteiger partial charge on any atom is -0.478 e. The molecule has 1 aromatic carbocycles. The van der Waals surface area contributed by atoms with Crippen molar-refractivity contribution >= 4 is 17.4 Å². The molecule has 0 saturated heterocycles. The maximum atomic E-state index is 12.0. The molecule has 0 bridgehead atoms. The van der Waals surface area contributed by atoms with Crippen LogP contribution < -0.4 is 15.5 Å². The molecule has 0 unspecified atom stereocenters. The van der Waals surface area contributed by atoms with Crippen LogP contribution in [0.25, 0.3) is 0 Å². The standard InChI is InChI=1S/C18H20N2O5/c1-12-18(16(23)7-8-20(12)9-10-21)25-11-17(24)19-15-5-3-14(4-6-15)13(2)22/h3-8,21H,9-11H2,1-2H3,(H,19,24). The predicted octanol–water partition coefficient (Wildman–Crippen LogP) is 1.37. The topological polar surface area (TPSA) is 97.6 Å². The second kappa shape index (κ2) is 8.25. The Morgan fingerprint density at radius 1 is 1.20 bits per heavy atom. The Morgan fingerprint density at radius 3 is 2.48 bits per heavy atom. The summed E-state index contributed by atoms with van der Waals surface area (Å²) in [5.41, 5.74) is 1.30. The van der Waals surface area contributed by atoms with Crippen LogP contribution in [-0.2, 0) is 11.3 Å². The predicted molar refractivity (Wildman–Crippen MR) is 93.1 cm³/mol. The molecule has 7 nitrogen and oxygen atoms in total. The number of hydrogen-bond donors (Lipinski definition) is 2. The van der Waals surface area contributed by atoms with Gasteiger partial charge < -0.3 is 19.7 Å². The first-order valence-corrected chi connectivity index (χ1v) is 7.77. The Balaban J connectivity index is 2.01. The normalized spacial score (nSPS) is 10.4. The Bertz CT molecular complexity index is 824. The first kappa shape index (κ1) is 18.4. The quantitative estimate of drug-likeness (QED) is 0.739. The van der Waals surface area contributed by atoms with E-state index in [0.29, 0.717) is 23.5 Å². The fraction of sp³-hybridized carbons (Fsp3) is 0.278. The molecule has 0 spiro atoms. The molecular weight excluding hydrogens is 324 g/mol. The third kappa shape index (κ3) is 4.77. The number of Topliss-reactive ketones (excluding diaryl/α,β-unsaturated/α-hetero) is 1. The Morgan fingerprint density at radius 2 is 1.88 bits per heavy atom. The third-order valence-corrected chi connectivity index (χ3v) is 3.65. The summed E-state index contributed by atoms with van der Waals surface area (Å²) in [6.45, 7) is 3.09. The number of benzene rings is 1. The zero-order valence-corrected chi connectivity index (χ0v) is 14.1. The molecule has 2 rings (SSSR count). The van der Waals surface area contributed by atoms with Crippen molar-refractivity contribution in [1.82, 2.24) is 4.57 Å². The summed E-state index contributed by atoms with van der Waals surface area (Å²) >= 11 is 0. The smallest absolute Gasteiger partial charge is 0.262 e. The lowest BCUT2D eigenvalue weighted by atomic mass is 10.1. The largest absolute Gasteiger partial charge is 0.478 e. The van der Waals surface area contributed by atoms with E-state index in [-0.39, 0.29) is 30.2 Å². The minimum atomic E-state index is -0.424. The average molecular weight is 344 g/mol. The van der Waals surface area contributed by atoms with E-state index >= 15 is 0 Å². The van der Waals surface area contributed by atoms with Gasteiger partial charge in [0, 0.05) is 30.1 Å². The van der Waals surface area contributed by atoms with Crippen LogP contribution >= 0.6 is 0 Å². The number of aromatic nitrogens is 1. The average Bonchev–Trinajstić information content (AvgIpc) is 2.58. The van der Waals surface area contributed by atoms with Crippen molar-refractivity contribution in [2.45, 2.75) is 20.4 Å². The molecule has 2 aromatic rings. The van der Waals surface area contributed by atoms with Gasteiger partial charge in [0.25, 0.3) is 5.91 Å². The maximum absolute atomic E-state index is 12.0. The summed E-state index contributed by atoms with van der Waals surface area (Å²) in [6.07, 6.45) is 1.57. The van der Waals surface area contributed by atoms with Crippen molar-refractivity contribution in [1.29, 1.82) is 0 Å². The number of aliphatic hydroxyl groups excluding tert-OH is 1. The molecular formula is C18H20N2O5. The number of aliphatic hydroxyl groups is 1. The number of carbonyl (C=O) groups excluding carboxylic acids is 2. The highest BCUT2D eigenvalue weighted by atomic mass is 16.5. The van der Waals surface area contributed by atoms with Crippen LogP contribution in [0.1, 0.15) is 23.0 Å². The highest BCUT2D eigenvalue weighted by Crippen LogP contribution is 2.13. The molecule has 0 saturated carbocycles. The zero-order chi connectivity index (χ0) is 18.4. The van der Waals surface area contributed by atoms with Crippen LogP contribution in [0.3, 0.4) is 0 Å². The van der Waals surface area contributed by atoms with Gasteiger partial charge in [-0.1, -0.05) is 0 Å². The molecule has 0 aliphatic carbocycles. The third-order valence-electron chi connectivity index (χ3n) is 3.65. The number of ether oxygens (including phenoxy) is 1. The van der Waals surface area contributed by atoms with Gasteiger partial charge in [-0.15, -0.1) is 0 Å². The maximum Gasteiger partial charge on any atom is 0.262 e. The molecule has 7 heteroatoms. The molecule has 0 radical (unpaired) electrons. The highest BCUT2D eigenvalue weighted by molar-refractivity contribution is 5.95. The number of hydrogen-bond acceptors (Lipinski definition) is 5. The van der Waals surface area contributed by atoms with E-state index in [1.54, 1.807) is 42.0 Å². The second-order valence-electron chi connectivity index (χ2n) is 5.48. The molecule has 0 aliphatic heterocycles. The van der Waals surface area contributed by atoms with Crippen LogP contribution in [0, 0.1) is 6.92 Å². The lowest BCUT2D eigenvalue weighted by Gasteiger charge is -2.14. The van der Waals surface area contributed by atoms with Crippen molar-refractivity contribution in [3.8, 4) is 5.75 Å². The first-order valence-electron chi connectivity index (χ1n) is 7.77. The Labute approximate surface area is 144 Å². The fourth-order valence-electron chi connectivity index (χ4n) is 2.30. The van der Waals surface area contributed by atoms with Gasteiger partial charge in [0.15, 0.2) is 18.1 Å². The van der Waals surface area contributed by atoms with Gasteiger partial charge in [0.2, 0.25) is 5.43 Å². The number of nitrogens with zero attached hydrogens (tertiary/aromatic N) is 1. The Hall–Kier alpha value is -2.93. The molecule has 0 aliphatic rings. The summed E-state index contributed by atoms with van der Waals surface area (Å²) in [5.74, 6) is -0.398. The van der Waals surface area contributed by atoms with E-state index in [1.807, 2.05) is 0 Å². The van der Waals surface area contributed by atoms with Crippen LogP contribution in [0.5, 0.6) is 5.75 Å². The summed E-state index contributed by atoms with van der Waals surface area (Å²) in [5, 5.41) is 11.6. The van der Waals surface area contributed by atoms with Gasteiger partial charge in [0.05, 0.1) is 12.3 Å². The molecule has 25 heavy (non-hydrogen) atoms. The number of carbonyl (C=O) groups is 2. The van der Waals surface area contributed by atoms with E-state index in [0.717, 1.165) is 0 Å². The first-order chi connectivity index (χ1) is 11.9. The van der Waals surface area contributed by atoms with Crippen LogP contribution in [-0.4, -0.2) is 34.6 Å². The number of nitrogens with one attached hydrogen (secondary N) is 1. The van der Waals surface area contributed by atoms with Gasteiger partial charge in [-0.05, 0) is 38.1 Å². The highest BCUT2D eigenvalue weighted by Gasteiger charge is 2.11. The molecule has 1 aromatic heterocycles. The van der Waals surface area contributed by atoms with Crippen molar-refractivity contribution in [3.63, 3.8) is 0 Å². The van der Waals surface area contributed by atoms with Gasteiger partial charge in [-0.2, -0.15) is 0 Å². The molecule has 1 amide bonds. The van der Waals surface area contributed by atoms with E-state index in [9.17, 15) is 14.4 Å². The SMILES string of the molecule is CC(=O)c1ccc(NC(=O)COc2c(C)n(CCO)ccc2=O)cc1. The van der Waals surface area contributed by atoms with Crippen LogP contribution in [0.4, 0.5) is 5.69 Å². The summed E-state index contributed by atoms with van der Waals surface area (Å²) in [7, 11) is 0. The van der Waals surface area contributed by atoms with Gasteiger partial charge in [0.1, 0.15) is 0 Å². The van der Waals surface area contributed by atoms with Gasteiger partial charge >= 0.3 is 0 Å². The minimum absolute atomic E-state index is 0.0556. The van der Waals surface area contributed by atoms with Crippen molar-refractivity contribution < 1.29 is 19.4 Å². The van der Waals surface area contributed by atoms with Crippen LogP contribution in [0.15, 0.2) is 41.3 Å². The molecule has 0 fully saturated rings. The van der Waals surface area contributed by atoms with Crippen molar-refractivity contribution in [2.75, 3.05) is 18.5 Å². The molecule has 1 heterocycles. The number of ketones is 1. The van der Waals surface area contributed by atoms with Crippen molar-refractivity contribution in [2.24, 2.45) is 0 Å². The number of anilines is 1. The number of amides is 1. The summed E-state index contributed by atoms with van der Waals surface area (Å²) in [6, 6.07) is 7.81. The summed E-state index contributed by atoms with van der Waals surface area (Å²) in [4.78, 5) is 35.1. The van der Waals surface area contributed by atoms with E-state index < -0.39 is 5.91 Å². The number of pyridine rings is 1. The second-order valence-corrected chi connectivity index (χ2v) is 5.48. The van der Waals surface area contributed by atoms with Crippen LogP contribution in [0.2, 0.25) is 0 Å². The van der Waals surface area contributed by atoms with Gasteiger partial charge in [-0.25, -0.2) is 0 Å². The fourth-order valence-corrected chi connectivity index (χ4v) is 2.30. The molecule has 132 valence electrons.